The molecule has 5 nitrogen and oxygen atoms in total. The summed E-state index contributed by atoms with van der Waals surface area (Å²) in [6.45, 7) is 1.01. The molecule has 0 saturated carbocycles. The van der Waals surface area contributed by atoms with Gasteiger partial charge in [0.25, 0.3) is 5.56 Å². The number of alkyl halides is 1. The molecule has 2 aromatic rings. The molecule has 0 saturated heterocycles. The first kappa shape index (κ1) is 18.3. The Balaban J connectivity index is 2.30. The van der Waals surface area contributed by atoms with Crippen LogP contribution in [0.15, 0.2) is 27.6 Å². The Bertz CT molecular complexity index is 841. The number of benzene rings is 1. The summed E-state index contributed by atoms with van der Waals surface area (Å²) < 4.78 is 42.6. The molecule has 0 bridgehead atoms. The highest BCUT2D eigenvalue weighted by Crippen LogP contribution is 2.23. The highest BCUT2D eigenvalue weighted by Gasteiger charge is 2.17. The van der Waals surface area contributed by atoms with Crippen molar-refractivity contribution in [3.05, 3.63) is 44.8 Å². The number of carbonyl (C=O) groups is 1. The Morgan fingerprint density at radius 3 is 2.62 bits per heavy atom. The highest BCUT2D eigenvalue weighted by molar-refractivity contribution is 9.10. The lowest BCUT2D eigenvalue weighted by molar-refractivity contribution is 0.184. The van der Waals surface area contributed by atoms with Gasteiger partial charge in [-0.3, -0.25) is 4.79 Å². The number of fused-ring (bicyclic) bond motifs is 1. The number of hydrogen-bond donors (Lipinski definition) is 2. The van der Waals surface area contributed by atoms with E-state index < -0.39 is 42.0 Å². The molecule has 2 rings (SSSR count). The van der Waals surface area contributed by atoms with E-state index in [0.717, 1.165) is 22.9 Å². The van der Waals surface area contributed by atoms with Crippen LogP contribution in [-0.4, -0.2) is 28.0 Å². The van der Waals surface area contributed by atoms with Crippen molar-refractivity contribution >= 4 is 32.8 Å². The van der Waals surface area contributed by atoms with Crippen LogP contribution in [0.1, 0.15) is 13.3 Å². The molecule has 0 aliphatic heterocycles. The van der Waals surface area contributed by atoms with E-state index in [1.54, 1.807) is 0 Å². The Labute approximate surface area is 143 Å². The fourth-order valence-electron chi connectivity index (χ4n) is 2.42. The van der Waals surface area contributed by atoms with Gasteiger partial charge < -0.3 is 15.0 Å². The van der Waals surface area contributed by atoms with Crippen LogP contribution < -0.4 is 10.9 Å². The van der Waals surface area contributed by atoms with Gasteiger partial charge in [0.15, 0.2) is 0 Å². The van der Waals surface area contributed by atoms with Gasteiger partial charge >= 0.3 is 6.09 Å². The highest BCUT2D eigenvalue weighted by atomic mass is 79.9. The second-order valence-corrected chi connectivity index (χ2v) is 6.28. The van der Waals surface area contributed by atoms with Gasteiger partial charge in [-0.15, -0.1) is 0 Å². The lowest BCUT2D eigenvalue weighted by atomic mass is 10.1. The first-order valence-corrected chi connectivity index (χ1v) is 7.79. The first-order valence-electron chi connectivity index (χ1n) is 7.00. The Kier molecular flexibility index (Phi) is 5.53. The molecule has 9 heteroatoms. The van der Waals surface area contributed by atoms with Crippen LogP contribution >= 0.6 is 15.9 Å². The molecule has 24 heavy (non-hydrogen) atoms. The molecule has 2 atom stereocenters. The zero-order valence-electron chi connectivity index (χ0n) is 12.5. The van der Waals surface area contributed by atoms with E-state index in [1.165, 1.54) is 6.92 Å². The van der Waals surface area contributed by atoms with Gasteiger partial charge in [-0.2, -0.15) is 0 Å². The van der Waals surface area contributed by atoms with Gasteiger partial charge in [-0.1, -0.05) is 0 Å². The van der Waals surface area contributed by atoms with Crippen LogP contribution in [0.25, 0.3) is 10.8 Å². The van der Waals surface area contributed by atoms with Crippen LogP contribution in [0.2, 0.25) is 0 Å². The molecule has 0 fully saturated rings. The Hall–Kier alpha value is -2.03. The SMILES string of the molecule is CC(CC(F)Cn1cc(F)c2cc(Br)c(F)cc2c1=O)NC(=O)O. The van der Waals surface area contributed by atoms with E-state index in [0.29, 0.717) is 0 Å². The lowest BCUT2D eigenvalue weighted by Crippen LogP contribution is -2.35. The number of nitrogens with one attached hydrogen (secondary N) is 1. The van der Waals surface area contributed by atoms with Crippen molar-refractivity contribution in [3.63, 3.8) is 0 Å². The summed E-state index contributed by atoms with van der Waals surface area (Å²) >= 11 is 2.92. The average molecular weight is 407 g/mol. The number of hydrogen-bond acceptors (Lipinski definition) is 2. The third-order valence-corrected chi connectivity index (χ3v) is 4.06. The summed E-state index contributed by atoms with van der Waals surface area (Å²) in [5, 5.41) is 10.4. The second kappa shape index (κ2) is 7.25. The largest absolute Gasteiger partial charge is 0.465 e. The van der Waals surface area contributed by atoms with Crippen LogP contribution in [0.5, 0.6) is 0 Å². The number of rotatable bonds is 5. The zero-order chi connectivity index (χ0) is 18.0. The molecule has 1 aromatic heterocycles. The predicted octanol–water partition coefficient (Wildman–Crippen LogP) is 3.43. The predicted molar refractivity (Wildman–Crippen MR) is 86.0 cm³/mol. The van der Waals surface area contributed by atoms with Crippen molar-refractivity contribution in [1.29, 1.82) is 0 Å². The average Bonchev–Trinajstić information content (AvgIpc) is 2.45. The van der Waals surface area contributed by atoms with Crippen molar-refractivity contribution in [2.24, 2.45) is 0 Å². The standard InChI is InChI=1S/C15H14BrF3N2O3/c1-7(20-15(23)24)2-8(17)5-21-6-13(19)9-3-11(16)12(18)4-10(9)14(21)22/h3-4,6-8,20H,2,5H2,1H3,(H,23,24). The molecule has 0 aliphatic rings. The van der Waals surface area contributed by atoms with E-state index in [9.17, 15) is 22.8 Å². The lowest BCUT2D eigenvalue weighted by Gasteiger charge is -2.16. The summed E-state index contributed by atoms with van der Waals surface area (Å²) in [4.78, 5) is 22.8. The minimum atomic E-state index is -1.58. The fourth-order valence-corrected chi connectivity index (χ4v) is 2.76. The summed E-state index contributed by atoms with van der Waals surface area (Å²) in [5.41, 5.74) is -0.723. The van der Waals surface area contributed by atoms with Gasteiger partial charge in [0.2, 0.25) is 0 Å². The van der Waals surface area contributed by atoms with Gasteiger partial charge in [-0.05, 0) is 35.0 Å². The van der Waals surface area contributed by atoms with Crippen molar-refractivity contribution < 1.29 is 23.1 Å². The van der Waals surface area contributed by atoms with Gasteiger partial charge in [-0.25, -0.2) is 18.0 Å². The maximum Gasteiger partial charge on any atom is 0.404 e. The number of pyridine rings is 1. The molecule has 0 aliphatic carbocycles. The molecule has 2 unspecified atom stereocenters. The Morgan fingerprint density at radius 1 is 1.33 bits per heavy atom. The van der Waals surface area contributed by atoms with E-state index in [1.807, 2.05) is 0 Å². The van der Waals surface area contributed by atoms with Crippen molar-refractivity contribution in [2.45, 2.75) is 32.1 Å². The molecule has 0 radical (unpaired) electrons. The smallest absolute Gasteiger partial charge is 0.404 e. The van der Waals surface area contributed by atoms with Crippen LogP contribution in [0.4, 0.5) is 18.0 Å². The van der Waals surface area contributed by atoms with Crippen LogP contribution in [-0.2, 0) is 6.54 Å². The quantitative estimate of drug-likeness (QED) is 0.798. The minimum Gasteiger partial charge on any atom is -0.465 e. The second-order valence-electron chi connectivity index (χ2n) is 5.43. The van der Waals surface area contributed by atoms with Gasteiger partial charge in [0.1, 0.15) is 17.8 Å². The molecule has 130 valence electrons. The van der Waals surface area contributed by atoms with Crippen LogP contribution in [0.3, 0.4) is 0 Å². The summed E-state index contributed by atoms with van der Waals surface area (Å²) in [6.07, 6.45) is -2.20. The van der Waals surface area contributed by atoms with E-state index >= 15 is 0 Å². The van der Waals surface area contributed by atoms with E-state index in [-0.39, 0.29) is 21.7 Å². The van der Waals surface area contributed by atoms with Crippen molar-refractivity contribution in [3.8, 4) is 0 Å². The van der Waals surface area contributed by atoms with Crippen LogP contribution in [0, 0.1) is 11.6 Å². The molecule has 1 aromatic carbocycles. The number of aromatic nitrogens is 1. The summed E-state index contributed by atoms with van der Waals surface area (Å²) in [6, 6.07) is 1.37. The third kappa shape index (κ3) is 4.08. The molecule has 2 N–H and O–H groups in total. The fraction of sp³-hybridized carbons (Fsp3) is 0.333. The number of carboxylic acid groups (broad SMARTS) is 1. The molecular weight excluding hydrogens is 393 g/mol. The zero-order valence-corrected chi connectivity index (χ0v) is 14.1. The third-order valence-electron chi connectivity index (χ3n) is 3.45. The van der Waals surface area contributed by atoms with Crippen molar-refractivity contribution in [2.75, 3.05) is 0 Å². The molecule has 1 heterocycles. The normalized spacial score (nSPS) is 13.7. The van der Waals surface area contributed by atoms with E-state index in [4.69, 9.17) is 5.11 Å². The van der Waals surface area contributed by atoms with Crippen molar-refractivity contribution in [1.82, 2.24) is 9.88 Å². The summed E-state index contributed by atoms with van der Waals surface area (Å²) in [5.74, 6) is -1.51. The van der Waals surface area contributed by atoms with E-state index in [2.05, 4.69) is 21.2 Å². The maximum atomic E-state index is 14.1. The maximum absolute atomic E-state index is 14.1. The molecule has 0 spiro atoms. The monoisotopic (exact) mass is 406 g/mol. The van der Waals surface area contributed by atoms with Gasteiger partial charge in [0, 0.05) is 24.0 Å². The summed E-state index contributed by atoms with van der Waals surface area (Å²) in [7, 11) is 0. The number of nitrogens with zero attached hydrogens (tertiary/aromatic N) is 1. The molecule has 1 amide bonds. The minimum absolute atomic E-state index is 0.0167. The van der Waals surface area contributed by atoms with Gasteiger partial charge in [0.05, 0.1) is 16.4 Å². The topological polar surface area (TPSA) is 71.3 Å². The number of halogens is 4. The number of amides is 1. The molecular formula is C15H14BrF3N2O3. The first-order chi connectivity index (χ1) is 11.2. The Morgan fingerprint density at radius 2 is 2.00 bits per heavy atom.